The van der Waals surface area contributed by atoms with Gasteiger partial charge in [-0.2, -0.15) is 0 Å². The zero-order chi connectivity index (χ0) is 15.7. The van der Waals surface area contributed by atoms with E-state index in [1.54, 1.807) is 19.1 Å². The summed E-state index contributed by atoms with van der Waals surface area (Å²) in [6, 6.07) is 13.4. The first-order chi connectivity index (χ1) is 10.6. The first kappa shape index (κ1) is 14.3. The third-order valence-corrected chi connectivity index (χ3v) is 3.62. The highest BCUT2D eigenvalue weighted by Gasteiger charge is 2.22. The zero-order valence-corrected chi connectivity index (χ0v) is 12.4. The van der Waals surface area contributed by atoms with Crippen LogP contribution in [0.1, 0.15) is 23.0 Å². The Morgan fingerprint density at radius 1 is 1.18 bits per heavy atom. The van der Waals surface area contributed by atoms with Crippen molar-refractivity contribution in [2.75, 3.05) is 0 Å². The Kier molecular flexibility index (Phi) is 3.67. The second kappa shape index (κ2) is 5.64. The number of fused-ring (bicyclic) bond motifs is 1. The molecule has 0 aliphatic heterocycles. The summed E-state index contributed by atoms with van der Waals surface area (Å²) in [6.45, 7) is 3.54. The van der Waals surface area contributed by atoms with Crippen LogP contribution < -0.4 is 4.74 Å². The van der Waals surface area contributed by atoms with Gasteiger partial charge in [-0.05, 0) is 32.0 Å². The largest absolute Gasteiger partial charge is 0.482 e. The van der Waals surface area contributed by atoms with Gasteiger partial charge in [0.25, 0.3) is 0 Å². The standard InChI is InChI=1S/C18H16FNO2/c1-11-17(15-8-3-4-9-16(15)20-11)18(21)12(2)22-14-7-5-6-13(19)10-14/h3-10,12,20H,1-2H3/t12-/m1/s1. The Balaban J connectivity index is 1.90. The van der Waals surface area contributed by atoms with Crippen LogP contribution in [0.5, 0.6) is 5.75 Å². The van der Waals surface area contributed by atoms with Crippen LogP contribution in [0.3, 0.4) is 0 Å². The number of aryl methyl sites for hydroxylation is 1. The number of para-hydroxylation sites is 1. The monoisotopic (exact) mass is 297 g/mol. The summed E-state index contributed by atoms with van der Waals surface area (Å²) in [6.07, 6.45) is -0.695. The third kappa shape index (κ3) is 2.60. The second-order valence-corrected chi connectivity index (χ2v) is 5.25. The molecule has 22 heavy (non-hydrogen) atoms. The lowest BCUT2D eigenvalue weighted by atomic mass is 10.0. The molecule has 0 bridgehead atoms. The average molecular weight is 297 g/mol. The van der Waals surface area contributed by atoms with E-state index >= 15 is 0 Å². The summed E-state index contributed by atoms with van der Waals surface area (Å²) in [5, 5.41) is 0.875. The molecule has 0 amide bonds. The number of carbonyl (C=O) groups is 1. The molecule has 2 aromatic carbocycles. The summed E-state index contributed by atoms with van der Waals surface area (Å²) in [4.78, 5) is 15.9. The van der Waals surface area contributed by atoms with E-state index in [0.29, 0.717) is 11.3 Å². The van der Waals surface area contributed by atoms with Crippen molar-refractivity contribution in [2.45, 2.75) is 20.0 Å². The van der Waals surface area contributed by atoms with E-state index in [-0.39, 0.29) is 11.6 Å². The van der Waals surface area contributed by atoms with Gasteiger partial charge >= 0.3 is 0 Å². The molecule has 0 saturated carbocycles. The van der Waals surface area contributed by atoms with Gasteiger partial charge in [-0.3, -0.25) is 4.79 Å². The van der Waals surface area contributed by atoms with Gasteiger partial charge in [0.1, 0.15) is 11.6 Å². The predicted octanol–water partition coefficient (Wildman–Crippen LogP) is 4.27. The Labute approximate surface area is 127 Å². The number of ether oxygens (including phenoxy) is 1. The normalized spacial score (nSPS) is 12.3. The van der Waals surface area contributed by atoms with Crippen molar-refractivity contribution in [3.63, 3.8) is 0 Å². The first-order valence-electron chi connectivity index (χ1n) is 7.10. The number of hydrogen-bond donors (Lipinski definition) is 1. The maximum atomic E-state index is 13.2. The van der Waals surface area contributed by atoms with Gasteiger partial charge in [0.2, 0.25) is 5.78 Å². The van der Waals surface area contributed by atoms with Crippen LogP contribution in [0.25, 0.3) is 10.9 Å². The molecular weight excluding hydrogens is 281 g/mol. The van der Waals surface area contributed by atoms with Crippen LogP contribution in [-0.2, 0) is 0 Å². The van der Waals surface area contributed by atoms with Crippen LogP contribution >= 0.6 is 0 Å². The fourth-order valence-corrected chi connectivity index (χ4v) is 2.60. The highest BCUT2D eigenvalue weighted by Crippen LogP contribution is 2.24. The molecule has 0 spiro atoms. The highest BCUT2D eigenvalue weighted by atomic mass is 19.1. The van der Waals surface area contributed by atoms with Crippen LogP contribution in [0.15, 0.2) is 48.5 Å². The smallest absolute Gasteiger partial charge is 0.205 e. The molecule has 0 unspecified atom stereocenters. The third-order valence-electron chi connectivity index (χ3n) is 3.62. The van der Waals surface area contributed by atoms with Gasteiger partial charge in [-0.25, -0.2) is 4.39 Å². The van der Waals surface area contributed by atoms with Crippen LogP contribution in [0, 0.1) is 12.7 Å². The average Bonchev–Trinajstić information content (AvgIpc) is 2.82. The molecule has 1 atom stereocenters. The Morgan fingerprint density at radius 3 is 2.73 bits per heavy atom. The van der Waals surface area contributed by atoms with Crippen molar-refractivity contribution in [1.29, 1.82) is 0 Å². The maximum Gasteiger partial charge on any atom is 0.205 e. The first-order valence-corrected chi connectivity index (χ1v) is 7.10. The van der Waals surface area contributed by atoms with Gasteiger partial charge in [0.05, 0.1) is 0 Å². The molecular formula is C18H16FNO2. The van der Waals surface area contributed by atoms with E-state index in [4.69, 9.17) is 4.74 Å². The van der Waals surface area contributed by atoms with E-state index < -0.39 is 6.10 Å². The number of Topliss-reactive ketones (excluding diaryl/α,β-unsaturated/α-hetero) is 1. The minimum absolute atomic E-state index is 0.126. The van der Waals surface area contributed by atoms with Crippen molar-refractivity contribution in [2.24, 2.45) is 0 Å². The highest BCUT2D eigenvalue weighted by molar-refractivity contribution is 6.11. The number of nitrogens with one attached hydrogen (secondary N) is 1. The molecule has 112 valence electrons. The van der Waals surface area contributed by atoms with E-state index in [2.05, 4.69) is 4.98 Å². The van der Waals surface area contributed by atoms with Crippen LogP contribution in [0.4, 0.5) is 4.39 Å². The van der Waals surface area contributed by atoms with Crippen LogP contribution in [0.2, 0.25) is 0 Å². The van der Waals surface area contributed by atoms with Crippen molar-refractivity contribution < 1.29 is 13.9 Å². The van der Waals surface area contributed by atoms with Gasteiger partial charge in [0.15, 0.2) is 6.10 Å². The van der Waals surface area contributed by atoms with Gasteiger partial charge in [-0.1, -0.05) is 24.3 Å². The number of carbonyl (C=O) groups excluding carboxylic acids is 1. The molecule has 3 aromatic rings. The Hall–Kier alpha value is -2.62. The zero-order valence-electron chi connectivity index (χ0n) is 12.4. The summed E-state index contributed by atoms with van der Waals surface area (Å²) < 4.78 is 18.8. The van der Waals surface area contributed by atoms with Gasteiger partial charge < -0.3 is 9.72 Å². The van der Waals surface area contributed by atoms with Gasteiger partial charge in [-0.15, -0.1) is 0 Å². The number of H-pyrrole nitrogens is 1. The SMILES string of the molecule is Cc1[nH]c2ccccc2c1C(=O)[C@@H](C)Oc1cccc(F)c1. The molecule has 0 aliphatic rings. The van der Waals surface area contributed by atoms with Crippen molar-refractivity contribution in [1.82, 2.24) is 4.98 Å². The van der Waals surface area contributed by atoms with Crippen molar-refractivity contribution in [3.05, 3.63) is 65.6 Å². The summed E-state index contributed by atoms with van der Waals surface area (Å²) in [5.41, 5.74) is 2.35. The lowest BCUT2D eigenvalue weighted by Crippen LogP contribution is -2.24. The molecule has 3 rings (SSSR count). The second-order valence-electron chi connectivity index (χ2n) is 5.25. The molecule has 1 heterocycles. The number of aromatic nitrogens is 1. The number of ketones is 1. The fourth-order valence-electron chi connectivity index (χ4n) is 2.60. The molecule has 1 N–H and O–H groups in total. The van der Waals surface area contributed by atoms with E-state index in [1.165, 1.54) is 12.1 Å². The number of halogens is 1. The number of hydrogen-bond acceptors (Lipinski definition) is 2. The summed E-state index contributed by atoms with van der Waals surface area (Å²) >= 11 is 0. The number of benzene rings is 2. The van der Waals surface area contributed by atoms with Crippen molar-refractivity contribution >= 4 is 16.7 Å². The summed E-state index contributed by atoms with van der Waals surface area (Å²) in [5.74, 6) is -0.169. The molecule has 0 saturated heterocycles. The van der Waals surface area contributed by atoms with E-state index in [0.717, 1.165) is 16.6 Å². The molecule has 3 nitrogen and oxygen atoms in total. The van der Waals surface area contributed by atoms with Gasteiger partial charge in [0, 0.05) is 28.2 Å². The minimum atomic E-state index is -0.695. The number of aromatic amines is 1. The molecule has 4 heteroatoms. The maximum absolute atomic E-state index is 13.2. The topological polar surface area (TPSA) is 42.1 Å². The Morgan fingerprint density at radius 2 is 1.95 bits per heavy atom. The fraction of sp³-hybridized carbons (Fsp3) is 0.167. The molecule has 0 radical (unpaired) electrons. The lowest BCUT2D eigenvalue weighted by molar-refractivity contribution is 0.0818. The van der Waals surface area contributed by atoms with Crippen LogP contribution in [-0.4, -0.2) is 16.9 Å². The minimum Gasteiger partial charge on any atom is -0.482 e. The Bertz CT molecular complexity index is 838. The van der Waals surface area contributed by atoms with E-state index in [9.17, 15) is 9.18 Å². The lowest BCUT2D eigenvalue weighted by Gasteiger charge is -2.14. The summed E-state index contributed by atoms with van der Waals surface area (Å²) in [7, 11) is 0. The van der Waals surface area contributed by atoms with E-state index in [1.807, 2.05) is 31.2 Å². The molecule has 1 aromatic heterocycles. The van der Waals surface area contributed by atoms with Crippen molar-refractivity contribution in [3.8, 4) is 5.75 Å². The number of rotatable bonds is 4. The molecule has 0 fully saturated rings. The quantitative estimate of drug-likeness (QED) is 0.731. The molecule has 0 aliphatic carbocycles. The predicted molar refractivity (Wildman–Crippen MR) is 83.9 cm³/mol.